The van der Waals surface area contributed by atoms with Gasteiger partial charge in [0.2, 0.25) is 0 Å². The van der Waals surface area contributed by atoms with Crippen LogP contribution in [0.3, 0.4) is 0 Å². The fourth-order valence-corrected chi connectivity index (χ4v) is 1.27. The van der Waals surface area contributed by atoms with E-state index in [2.05, 4.69) is 5.32 Å². The summed E-state index contributed by atoms with van der Waals surface area (Å²) in [6.45, 7) is 3.14. The second-order valence-corrected chi connectivity index (χ2v) is 4.26. The van der Waals surface area contributed by atoms with E-state index in [0.717, 1.165) is 0 Å². The predicted octanol–water partition coefficient (Wildman–Crippen LogP) is 2.08. The van der Waals surface area contributed by atoms with Crippen LogP contribution in [-0.4, -0.2) is 16.6 Å². The Morgan fingerprint density at radius 2 is 2.19 bits per heavy atom. The molecule has 0 aromatic heterocycles. The summed E-state index contributed by atoms with van der Waals surface area (Å²) in [6.07, 6.45) is 0. The Morgan fingerprint density at radius 1 is 1.56 bits per heavy atom. The van der Waals surface area contributed by atoms with Gasteiger partial charge in [0.1, 0.15) is 11.3 Å². The third-order valence-electron chi connectivity index (χ3n) is 1.90. The van der Waals surface area contributed by atoms with E-state index in [1.54, 1.807) is 13.8 Å². The van der Waals surface area contributed by atoms with Crippen LogP contribution in [-0.2, 0) is 0 Å². The largest absolute Gasteiger partial charge is 0.508 e. The average molecular weight is 239 g/mol. The van der Waals surface area contributed by atoms with E-state index in [1.807, 2.05) is 6.07 Å². The molecule has 1 amide bonds. The zero-order chi connectivity index (χ0) is 12.3. The minimum Gasteiger partial charge on any atom is -0.508 e. The van der Waals surface area contributed by atoms with Gasteiger partial charge in [-0.15, -0.1) is 0 Å². The molecule has 0 saturated heterocycles. The van der Waals surface area contributed by atoms with Gasteiger partial charge in [0, 0.05) is 0 Å². The molecule has 0 aliphatic carbocycles. The molecule has 2 N–H and O–H groups in total. The Balaban J connectivity index is 2.98. The van der Waals surface area contributed by atoms with Gasteiger partial charge in [-0.3, -0.25) is 4.79 Å². The number of hydrogen-bond acceptors (Lipinski definition) is 3. The van der Waals surface area contributed by atoms with Gasteiger partial charge < -0.3 is 10.4 Å². The molecule has 0 atom stereocenters. The van der Waals surface area contributed by atoms with Crippen molar-refractivity contribution in [3.8, 4) is 11.8 Å². The van der Waals surface area contributed by atoms with E-state index in [9.17, 15) is 9.90 Å². The number of nitrogens with one attached hydrogen (secondary N) is 1. The van der Waals surface area contributed by atoms with Crippen molar-refractivity contribution in [2.24, 2.45) is 0 Å². The molecule has 0 heterocycles. The van der Waals surface area contributed by atoms with Crippen molar-refractivity contribution in [1.29, 1.82) is 5.26 Å². The number of halogens is 1. The lowest BCUT2D eigenvalue weighted by atomic mass is 10.1. The Morgan fingerprint density at radius 3 is 2.75 bits per heavy atom. The molecule has 0 radical (unpaired) electrons. The number of carbonyl (C=O) groups excluding carboxylic acids is 1. The normalized spacial score (nSPS) is 10.6. The van der Waals surface area contributed by atoms with Crippen molar-refractivity contribution < 1.29 is 9.90 Å². The predicted molar refractivity (Wildman–Crippen MR) is 60.3 cm³/mol. The van der Waals surface area contributed by atoms with Gasteiger partial charge in [-0.1, -0.05) is 11.6 Å². The number of nitrogens with zero attached hydrogens (tertiary/aromatic N) is 1. The highest BCUT2D eigenvalue weighted by Gasteiger charge is 2.21. The van der Waals surface area contributed by atoms with E-state index in [-0.39, 0.29) is 16.3 Å². The molecule has 1 rings (SSSR count). The molecule has 4 nitrogen and oxygen atoms in total. The highest BCUT2D eigenvalue weighted by Crippen LogP contribution is 2.21. The summed E-state index contributed by atoms with van der Waals surface area (Å²) in [4.78, 5) is 11.7. The molecule has 0 spiro atoms. The van der Waals surface area contributed by atoms with Crippen LogP contribution in [0.4, 0.5) is 0 Å². The first-order valence-electron chi connectivity index (χ1n) is 4.58. The third kappa shape index (κ3) is 2.88. The third-order valence-corrected chi connectivity index (χ3v) is 2.23. The molecular weight excluding hydrogens is 228 g/mol. The van der Waals surface area contributed by atoms with E-state index < -0.39 is 11.4 Å². The standard InChI is InChI=1S/C11H11ClN2O2/c1-11(2,6-13)14-10(16)8-5-7(15)3-4-9(8)12/h3-5,15H,1-2H3,(H,14,16). The summed E-state index contributed by atoms with van der Waals surface area (Å²) < 4.78 is 0. The number of amides is 1. The Hall–Kier alpha value is -1.73. The van der Waals surface area contributed by atoms with Gasteiger partial charge in [-0.05, 0) is 32.0 Å². The van der Waals surface area contributed by atoms with Crippen molar-refractivity contribution in [1.82, 2.24) is 5.32 Å². The van der Waals surface area contributed by atoms with E-state index in [0.29, 0.717) is 0 Å². The van der Waals surface area contributed by atoms with Crippen LogP contribution in [0, 0.1) is 11.3 Å². The van der Waals surface area contributed by atoms with E-state index in [1.165, 1.54) is 18.2 Å². The molecule has 0 saturated carbocycles. The highest BCUT2D eigenvalue weighted by molar-refractivity contribution is 6.33. The molecular formula is C11H11ClN2O2. The van der Waals surface area contributed by atoms with Gasteiger partial charge in [0.15, 0.2) is 0 Å². The lowest BCUT2D eigenvalue weighted by molar-refractivity contribution is 0.0929. The van der Waals surface area contributed by atoms with Crippen molar-refractivity contribution in [2.75, 3.05) is 0 Å². The fraction of sp³-hybridized carbons (Fsp3) is 0.273. The molecule has 84 valence electrons. The number of nitriles is 1. The zero-order valence-electron chi connectivity index (χ0n) is 8.91. The highest BCUT2D eigenvalue weighted by atomic mass is 35.5. The number of carbonyl (C=O) groups is 1. The minimum atomic E-state index is -0.980. The molecule has 0 fully saturated rings. The zero-order valence-corrected chi connectivity index (χ0v) is 9.67. The van der Waals surface area contributed by atoms with Gasteiger partial charge in [-0.2, -0.15) is 5.26 Å². The molecule has 1 aromatic carbocycles. The Kier molecular flexibility index (Phi) is 3.41. The van der Waals surface area contributed by atoms with Crippen LogP contribution in [0.1, 0.15) is 24.2 Å². The molecule has 0 bridgehead atoms. The average Bonchev–Trinajstić information content (AvgIpc) is 2.21. The molecule has 0 aliphatic heterocycles. The van der Waals surface area contributed by atoms with Crippen LogP contribution < -0.4 is 5.32 Å². The summed E-state index contributed by atoms with van der Waals surface area (Å²) >= 11 is 5.81. The monoisotopic (exact) mass is 238 g/mol. The number of hydrogen-bond donors (Lipinski definition) is 2. The van der Waals surface area contributed by atoms with Gasteiger partial charge >= 0.3 is 0 Å². The second kappa shape index (κ2) is 4.42. The first-order valence-corrected chi connectivity index (χ1v) is 4.96. The maximum Gasteiger partial charge on any atom is 0.254 e. The van der Waals surface area contributed by atoms with Gasteiger partial charge in [-0.25, -0.2) is 0 Å². The van der Waals surface area contributed by atoms with Crippen LogP contribution >= 0.6 is 11.6 Å². The second-order valence-electron chi connectivity index (χ2n) is 3.86. The number of phenols is 1. The lowest BCUT2D eigenvalue weighted by Crippen LogP contribution is -2.42. The first kappa shape index (κ1) is 12.3. The van der Waals surface area contributed by atoms with Crippen LogP contribution in [0.5, 0.6) is 5.75 Å². The van der Waals surface area contributed by atoms with Crippen LogP contribution in [0.15, 0.2) is 18.2 Å². The number of aromatic hydroxyl groups is 1. The van der Waals surface area contributed by atoms with Crippen LogP contribution in [0.25, 0.3) is 0 Å². The Labute approximate surface area is 98.5 Å². The summed E-state index contributed by atoms with van der Waals surface area (Å²) in [5.41, 5.74) is -0.837. The fourth-order valence-electron chi connectivity index (χ4n) is 1.07. The molecule has 16 heavy (non-hydrogen) atoms. The summed E-state index contributed by atoms with van der Waals surface area (Å²) in [5.74, 6) is -0.545. The number of phenolic OH excluding ortho intramolecular Hbond substituents is 1. The molecule has 5 heteroatoms. The quantitative estimate of drug-likeness (QED) is 0.829. The summed E-state index contributed by atoms with van der Waals surface area (Å²) in [5, 5.41) is 20.7. The van der Waals surface area contributed by atoms with E-state index >= 15 is 0 Å². The number of rotatable bonds is 2. The van der Waals surface area contributed by atoms with Crippen molar-refractivity contribution in [2.45, 2.75) is 19.4 Å². The number of benzene rings is 1. The summed E-state index contributed by atoms with van der Waals surface area (Å²) in [6, 6.07) is 6.00. The molecule has 0 aliphatic rings. The van der Waals surface area contributed by atoms with Gasteiger partial charge in [0.05, 0.1) is 16.7 Å². The first-order chi connectivity index (χ1) is 7.35. The maximum atomic E-state index is 11.7. The SMILES string of the molecule is CC(C)(C#N)NC(=O)c1cc(O)ccc1Cl. The van der Waals surface area contributed by atoms with Crippen molar-refractivity contribution in [3.05, 3.63) is 28.8 Å². The van der Waals surface area contributed by atoms with Crippen molar-refractivity contribution in [3.63, 3.8) is 0 Å². The maximum absolute atomic E-state index is 11.7. The van der Waals surface area contributed by atoms with Crippen LogP contribution in [0.2, 0.25) is 5.02 Å². The minimum absolute atomic E-state index is 0.0516. The molecule has 1 aromatic rings. The Bertz CT molecular complexity index is 464. The van der Waals surface area contributed by atoms with E-state index in [4.69, 9.17) is 16.9 Å². The van der Waals surface area contributed by atoms with Crippen molar-refractivity contribution >= 4 is 17.5 Å². The van der Waals surface area contributed by atoms with Gasteiger partial charge in [0.25, 0.3) is 5.91 Å². The smallest absolute Gasteiger partial charge is 0.254 e. The molecule has 0 unspecified atom stereocenters. The topological polar surface area (TPSA) is 73.1 Å². The summed E-state index contributed by atoms with van der Waals surface area (Å²) in [7, 11) is 0. The lowest BCUT2D eigenvalue weighted by Gasteiger charge is -2.17.